The summed E-state index contributed by atoms with van der Waals surface area (Å²) in [5, 5.41) is 3.07. The Balaban J connectivity index is 2.80. The molecule has 2 atom stereocenters. The number of carbonyl (C=O) groups excluding carboxylic acids is 1. The smallest absolute Gasteiger partial charge is 0.404 e. The van der Waals surface area contributed by atoms with E-state index in [9.17, 15) is 9.36 Å². The number of aldehydes is 1. The zero-order chi connectivity index (χ0) is 15.0. The third-order valence-electron chi connectivity index (χ3n) is 2.36. The normalized spacial score (nSPS) is 18.9. The molecule has 1 rings (SSSR count). The van der Waals surface area contributed by atoms with E-state index in [1.807, 2.05) is 6.92 Å². The molecule has 0 saturated heterocycles. The average molecular weight is 301 g/mol. The minimum atomic E-state index is -3.84. The number of dihydropyridines is 1. The summed E-state index contributed by atoms with van der Waals surface area (Å²) >= 11 is 0. The van der Waals surface area contributed by atoms with Gasteiger partial charge in [-0.25, -0.2) is 4.57 Å². The highest BCUT2D eigenvalue weighted by molar-refractivity contribution is 7.48. The van der Waals surface area contributed by atoms with Gasteiger partial charge >= 0.3 is 7.82 Å². The fraction of sp³-hybridized carbons (Fsp3) is 0.462. The number of hydrogen-bond acceptors (Lipinski definition) is 6. The first-order valence-corrected chi connectivity index (χ1v) is 7.80. The zero-order valence-corrected chi connectivity index (χ0v) is 12.6. The van der Waals surface area contributed by atoms with Gasteiger partial charge in [0.15, 0.2) is 0 Å². The van der Waals surface area contributed by atoms with Gasteiger partial charge in [0.05, 0.1) is 6.61 Å². The lowest BCUT2D eigenvalue weighted by Gasteiger charge is -2.22. The van der Waals surface area contributed by atoms with E-state index < -0.39 is 13.9 Å². The molecule has 0 aromatic rings. The molecule has 1 aliphatic rings. The quantitative estimate of drug-likeness (QED) is 0.401. The van der Waals surface area contributed by atoms with E-state index in [-0.39, 0.29) is 13.0 Å². The van der Waals surface area contributed by atoms with Crippen LogP contribution < -0.4 is 5.32 Å². The summed E-state index contributed by atoms with van der Waals surface area (Å²) < 4.78 is 28.1. The van der Waals surface area contributed by atoms with Crippen molar-refractivity contribution in [3.8, 4) is 0 Å². The molecule has 0 fully saturated rings. The summed E-state index contributed by atoms with van der Waals surface area (Å²) in [6.45, 7) is 7.74. The Labute approximate surface area is 119 Å². The van der Waals surface area contributed by atoms with Gasteiger partial charge in [0.1, 0.15) is 18.1 Å². The molecule has 0 radical (unpaired) electrons. The first-order chi connectivity index (χ1) is 9.53. The van der Waals surface area contributed by atoms with Gasteiger partial charge < -0.3 is 14.6 Å². The lowest BCUT2D eigenvalue weighted by atomic mass is 10.3. The van der Waals surface area contributed by atoms with Gasteiger partial charge in [0.2, 0.25) is 0 Å². The fourth-order valence-electron chi connectivity index (χ4n) is 1.52. The Morgan fingerprint density at radius 3 is 2.90 bits per heavy atom. The molecule has 0 bridgehead atoms. The highest BCUT2D eigenvalue weighted by Gasteiger charge is 2.32. The van der Waals surface area contributed by atoms with E-state index in [2.05, 4.69) is 11.9 Å². The number of nitrogens with one attached hydrogen (secondary N) is 1. The van der Waals surface area contributed by atoms with Crippen LogP contribution in [0.1, 0.15) is 20.3 Å². The third kappa shape index (κ3) is 5.33. The molecule has 1 aliphatic heterocycles. The summed E-state index contributed by atoms with van der Waals surface area (Å²) in [7, 11) is -3.84. The molecule has 0 aromatic carbocycles. The van der Waals surface area contributed by atoms with E-state index in [0.29, 0.717) is 18.6 Å². The van der Waals surface area contributed by atoms with E-state index in [1.165, 1.54) is 6.08 Å². The Bertz CT molecular complexity index is 458. The van der Waals surface area contributed by atoms with Gasteiger partial charge in [-0.3, -0.25) is 9.05 Å². The second kappa shape index (κ2) is 8.04. The maximum Gasteiger partial charge on any atom is 0.530 e. The Kier molecular flexibility index (Phi) is 6.71. The number of rotatable bonds is 9. The van der Waals surface area contributed by atoms with Crippen molar-refractivity contribution in [2.45, 2.75) is 26.4 Å². The molecule has 7 heteroatoms. The van der Waals surface area contributed by atoms with Crippen molar-refractivity contribution in [1.29, 1.82) is 0 Å². The molecule has 1 N–H and O–H groups in total. The maximum absolute atomic E-state index is 12.5. The van der Waals surface area contributed by atoms with Gasteiger partial charge in [-0.15, -0.1) is 6.58 Å². The van der Waals surface area contributed by atoms with Gasteiger partial charge in [0.25, 0.3) is 0 Å². The van der Waals surface area contributed by atoms with Crippen LogP contribution in [0.3, 0.4) is 0 Å². The van der Waals surface area contributed by atoms with Crippen molar-refractivity contribution in [3.05, 3.63) is 36.3 Å². The van der Waals surface area contributed by atoms with Gasteiger partial charge in [-0.2, -0.15) is 0 Å². The predicted octanol–water partition coefficient (Wildman–Crippen LogP) is 2.70. The fourth-order valence-corrected chi connectivity index (χ4v) is 2.84. The van der Waals surface area contributed by atoms with Crippen molar-refractivity contribution < 1.29 is 22.9 Å². The topological polar surface area (TPSA) is 73.9 Å². The molecule has 0 spiro atoms. The number of hydrogen-bond donors (Lipinski definition) is 1. The Morgan fingerprint density at radius 2 is 2.35 bits per heavy atom. The van der Waals surface area contributed by atoms with Crippen LogP contribution >= 0.6 is 7.82 Å². The molecule has 0 aromatic heterocycles. The van der Waals surface area contributed by atoms with Crippen molar-refractivity contribution in [1.82, 2.24) is 5.32 Å². The van der Waals surface area contributed by atoms with Gasteiger partial charge in [0, 0.05) is 12.2 Å². The molecule has 20 heavy (non-hydrogen) atoms. The Morgan fingerprint density at radius 1 is 1.60 bits per heavy atom. The van der Waals surface area contributed by atoms with Gasteiger partial charge in [-0.05, 0) is 32.4 Å². The molecule has 2 unspecified atom stereocenters. The number of allylic oxidation sites excluding steroid dienone is 2. The van der Waals surface area contributed by atoms with Crippen molar-refractivity contribution >= 4 is 14.1 Å². The van der Waals surface area contributed by atoms with Crippen LogP contribution in [-0.4, -0.2) is 25.5 Å². The standard InChI is InChI=1S/C13H20NO5P/c1-4-6-13(10-15)19-20(16,17-5-2)18-12-7-8-14-11(3)9-12/h4,7,9-10,13-14H,1,5-6,8H2,2-3H3. The molecule has 0 aliphatic carbocycles. The lowest BCUT2D eigenvalue weighted by molar-refractivity contribution is -0.114. The van der Waals surface area contributed by atoms with E-state index >= 15 is 0 Å². The number of phosphoric ester groups is 1. The van der Waals surface area contributed by atoms with Crippen LogP contribution in [0.15, 0.2) is 36.3 Å². The molecule has 1 heterocycles. The van der Waals surface area contributed by atoms with Gasteiger partial charge in [-0.1, -0.05) is 6.08 Å². The summed E-state index contributed by atoms with van der Waals surface area (Å²) in [5.74, 6) is 0.390. The zero-order valence-electron chi connectivity index (χ0n) is 11.7. The SMILES string of the molecule is C=CCC(C=O)OP(=O)(OCC)OC1=CCNC(C)=C1. The first kappa shape index (κ1) is 16.7. The summed E-state index contributed by atoms with van der Waals surface area (Å²) in [5.41, 5.74) is 0.878. The van der Waals surface area contributed by atoms with Crippen molar-refractivity contribution in [2.24, 2.45) is 0 Å². The lowest BCUT2D eigenvalue weighted by Crippen LogP contribution is -2.17. The van der Waals surface area contributed by atoms with E-state index in [4.69, 9.17) is 13.6 Å². The van der Waals surface area contributed by atoms with Crippen LogP contribution in [-0.2, 0) is 22.9 Å². The first-order valence-electron chi connectivity index (χ1n) is 6.34. The number of phosphoric acid groups is 1. The summed E-state index contributed by atoms with van der Waals surface area (Å²) in [4.78, 5) is 10.9. The van der Waals surface area contributed by atoms with Crippen LogP contribution in [0.25, 0.3) is 0 Å². The monoisotopic (exact) mass is 301 g/mol. The molecular weight excluding hydrogens is 281 g/mol. The van der Waals surface area contributed by atoms with E-state index in [1.54, 1.807) is 19.1 Å². The second-order valence-electron chi connectivity index (χ2n) is 4.08. The van der Waals surface area contributed by atoms with Crippen molar-refractivity contribution in [3.63, 3.8) is 0 Å². The number of carbonyl (C=O) groups is 1. The van der Waals surface area contributed by atoms with E-state index in [0.717, 1.165) is 5.70 Å². The predicted molar refractivity (Wildman–Crippen MR) is 75.9 cm³/mol. The minimum Gasteiger partial charge on any atom is -0.404 e. The summed E-state index contributed by atoms with van der Waals surface area (Å²) in [6.07, 6.45) is 4.78. The molecule has 6 nitrogen and oxygen atoms in total. The van der Waals surface area contributed by atoms with Crippen LogP contribution in [0.2, 0.25) is 0 Å². The van der Waals surface area contributed by atoms with Crippen molar-refractivity contribution in [2.75, 3.05) is 13.2 Å². The largest absolute Gasteiger partial charge is 0.530 e. The molecular formula is C13H20NO5P. The molecule has 112 valence electrons. The van der Waals surface area contributed by atoms with Crippen LogP contribution in [0.4, 0.5) is 0 Å². The molecule has 0 saturated carbocycles. The Hall–Kier alpha value is -1.36. The highest BCUT2D eigenvalue weighted by atomic mass is 31.2. The minimum absolute atomic E-state index is 0.144. The summed E-state index contributed by atoms with van der Waals surface area (Å²) in [6, 6.07) is 0. The van der Waals surface area contributed by atoms with Crippen LogP contribution in [0.5, 0.6) is 0 Å². The third-order valence-corrected chi connectivity index (χ3v) is 3.90. The van der Waals surface area contributed by atoms with Crippen LogP contribution in [0, 0.1) is 0 Å². The average Bonchev–Trinajstić information content (AvgIpc) is 2.38. The highest BCUT2D eigenvalue weighted by Crippen LogP contribution is 2.52. The molecule has 0 amide bonds. The maximum atomic E-state index is 12.5. The second-order valence-corrected chi connectivity index (χ2v) is 5.62.